The normalized spacial score (nSPS) is 17.2. The Kier molecular flexibility index (Phi) is 5.97. The van der Waals surface area contributed by atoms with Gasteiger partial charge >= 0.3 is 0 Å². The predicted octanol–water partition coefficient (Wildman–Crippen LogP) is 2.87. The maximum Gasteiger partial charge on any atom is 0.291 e. The first-order valence-electron chi connectivity index (χ1n) is 11.8. The Balaban J connectivity index is 1.41. The van der Waals surface area contributed by atoms with E-state index in [9.17, 15) is 22.5 Å². The molecule has 15 heteroatoms. The van der Waals surface area contributed by atoms with Gasteiger partial charge in [0, 0.05) is 43.4 Å². The molecule has 0 spiro atoms. The highest BCUT2D eigenvalue weighted by atomic mass is 32.2. The molecule has 11 nitrogen and oxygen atoms in total. The molecule has 0 radical (unpaired) electrons. The Hall–Kier alpha value is -3.74. The lowest BCUT2D eigenvalue weighted by atomic mass is 10.1. The van der Waals surface area contributed by atoms with Crippen molar-refractivity contribution in [1.29, 1.82) is 5.26 Å². The third-order valence-electron chi connectivity index (χ3n) is 6.67. The molecular weight excluding hydrogens is 536 g/mol. The Bertz CT molecular complexity index is 1640. The summed E-state index contributed by atoms with van der Waals surface area (Å²) >= 11 is 0.684. The smallest absolute Gasteiger partial charge is 0.291 e. The summed E-state index contributed by atoms with van der Waals surface area (Å²) in [4.78, 5) is 8.41. The van der Waals surface area contributed by atoms with Crippen LogP contribution in [0.3, 0.4) is 0 Å². The number of aromatic nitrogens is 5. The van der Waals surface area contributed by atoms with Crippen LogP contribution in [-0.4, -0.2) is 65.1 Å². The highest BCUT2D eigenvalue weighted by Gasteiger charge is 2.47. The summed E-state index contributed by atoms with van der Waals surface area (Å²) in [6.45, 7) is 2.57. The number of halogens is 2. The van der Waals surface area contributed by atoms with E-state index in [2.05, 4.69) is 34.8 Å². The number of hydrogen-bond acceptors (Lipinski definition) is 10. The van der Waals surface area contributed by atoms with Gasteiger partial charge in [-0.05, 0) is 37.1 Å². The molecule has 1 N–H and O–H groups in total. The molecule has 4 aromatic rings. The standard InChI is InChI=1S/C23H21F2N9O2S2/c24-20(25)21-29-30-22(37-21)34-19-11-16(38(35,36)31-23(14-26)3-4-23)10-18(17(19)13-28-34)33-8-6-32(7-9-33)15-2-1-5-27-12-15/h1-2,5,10-13,20,31H,3-4,6-9H2. The minimum atomic E-state index is -4.07. The number of benzene rings is 1. The first-order chi connectivity index (χ1) is 18.3. The van der Waals surface area contributed by atoms with Crippen molar-refractivity contribution in [2.24, 2.45) is 0 Å². The lowest BCUT2D eigenvalue weighted by Crippen LogP contribution is -2.46. The van der Waals surface area contributed by atoms with Gasteiger partial charge in [-0.3, -0.25) is 4.98 Å². The third-order valence-corrected chi connectivity index (χ3v) is 9.10. The quantitative estimate of drug-likeness (QED) is 0.364. The van der Waals surface area contributed by atoms with E-state index in [1.807, 2.05) is 18.2 Å². The summed E-state index contributed by atoms with van der Waals surface area (Å²) in [6, 6.07) is 8.91. The number of nitriles is 1. The lowest BCUT2D eigenvalue weighted by Gasteiger charge is -2.37. The molecule has 1 saturated carbocycles. The number of nitrogens with zero attached hydrogens (tertiary/aromatic N) is 8. The van der Waals surface area contributed by atoms with Crippen LogP contribution in [0.2, 0.25) is 0 Å². The second-order valence-electron chi connectivity index (χ2n) is 9.14. The number of nitrogens with one attached hydrogen (secondary N) is 1. The molecule has 0 atom stereocenters. The highest BCUT2D eigenvalue weighted by molar-refractivity contribution is 7.89. The molecule has 2 fully saturated rings. The summed E-state index contributed by atoms with van der Waals surface area (Å²) in [5.41, 5.74) is 0.925. The van der Waals surface area contributed by atoms with Gasteiger partial charge in [-0.2, -0.15) is 15.1 Å². The monoisotopic (exact) mass is 557 g/mol. The van der Waals surface area contributed by atoms with E-state index in [4.69, 9.17) is 0 Å². The van der Waals surface area contributed by atoms with Crippen molar-refractivity contribution < 1.29 is 17.2 Å². The second kappa shape index (κ2) is 9.22. The Morgan fingerprint density at radius 3 is 2.50 bits per heavy atom. The molecule has 3 aromatic heterocycles. The van der Waals surface area contributed by atoms with Crippen molar-refractivity contribution in [2.75, 3.05) is 36.0 Å². The molecule has 196 valence electrons. The summed E-state index contributed by atoms with van der Waals surface area (Å²) in [6.07, 6.45) is 3.18. The van der Waals surface area contributed by atoms with Gasteiger partial charge < -0.3 is 9.80 Å². The Morgan fingerprint density at radius 1 is 1.11 bits per heavy atom. The van der Waals surface area contributed by atoms with Crippen LogP contribution in [0.1, 0.15) is 24.3 Å². The van der Waals surface area contributed by atoms with Crippen LogP contribution < -0.4 is 14.5 Å². The number of pyridine rings is 1. The molecule has 1 saturated heterocycles. The molecule has 1 aromatic carbocycles. The molecule has 6 rings (SSSR count). The van der Waals surface area contributed by atoms with Gasteiger partial charge in [0.1, 0.15) is 5.54 Å². The minimum Gasteiger partial charge on any atom is -0.367 e. The van der Waals surface area contributed by atoms with Gasteiger partial charge in [0.15, 0.2) is 5.01 Å². The number of rotatable bonds is 7. The SMILES string of the molecule is N#CC1(NS(=O)(=O)c2cc(N3CCN(c4cccnc4)CC3)c3cnn(-c4nnc(C(F)F)s4)c3c2)CC1. The van der Waals surface area contributed by atoms with Gasteiger partial charge in [-0.1, -0.05) is 11.3 Å². The summed E-state index contributed by atoms with van der Waals surface area (Å²) < 4.78 is 56.9. The first kappa shape index (κ1) is 24.6. The maximum atomic E-state index is 13.4. The molecule has 0 bridgehead atoms. The van der Waals surface area contributed by atoms with E-state index in [1.54, 1.807) is 24.7 Å². The van der Waals surface area contributed by atoms with Gasteiger partial charge in [0.25, 0.3) is 6.43 Å². The molecule has 4 heterocycles. The van der Waals surface area contributed by atoms with Crippen molar-refractivity contribution in [3.63, 3.8) is 0 Å². The maximum absolute atomic E-state index is 13.4. The van der Waals surface area contributed by atoms with E-state index >= 15 is 0 Å². The van der Waals surface area contributed by atoms with Gasteiger partial charge in [0.05, 0.1) is 34.6 Å². The zero-order chi connectivity index (χ0) is 26.5. The highest BCUT2D eigenvalue weighted by Crippen LogP contribution is 2.38. The van der Waals surface area contributed by atoms with Gasteiger partial charge in [0.2, 0.25) is 15.2 Å². The molecule has 0 amide bonds. The van der Waals surface area contributed by atoms with Crippen molar-refractivity contribution in [3.8, 4) is 11.2 Å². The van der Waals surface area contributed by atoms with E-state index < -0.39 is 27.0 Å². The third kappa shape index (κ3) is 4.44. The summed E-state index contributed by atoms with van der Waals surface area (Å²) in [5, 5.41) is 21.5. The minimum absolute atomic E-state index is 0.0448. The lowest BCUT2D eigenvalue weighted by molar-refractivity contribution is 0.150. The molecule has 38 heavy (non-hydrogen) atoms. The zero-order valence-electron chi connectivity index (χ0n) is 19.8. The second-order valence-corrected chi connectivity index (χ2v) is 11.8. The predicted molar refractivity (Wildman–Crippen MR) is 136 cm³/mol. The van der Waals surface area contributed by atoms with Crippen LogP contribution in [0.25, 0.3) is 16.0 Å². The fourth-order valence-electron chi connectivity index (χ4n) is 4.48. The number of alkyl halides is 2. The van der Waals surface area contributed by atoms with Crippen molar-refractivity contribution in [2.45, 2.75) is 29.7 Å². The van der Waals surface area contributed by atoms with Crippen molar-refractivity contribution in [3.05, 3.63) is 47.9 Å². The average molecular weight is 558 g/mol. The summed E-state index contributed by atoms with van der Waals surface area (Å²) in [5.74, 6) is 0. The number of fused-ring (bicyclic) bond motifs is 1. The molecule has 0 unspecified atom stereocenters. The van der Waals surface area contributed by atoms with Gasteiger partial charge in [-0.15, -0.1) is 10.2 Å². The molecular formula is C23H21F2N9O2S2. The van der Waals surface area contributed by atoms with Crippen LogP contribution in [0.4, 0.5) is 20.2 Å². The van der Waals surface area contributed by atoms with Crippen LogP contribution in [0.5, 0.6) is 0 Å². The van der Waals surface area contributed by atoms with E-state index in [1.165, 1.54) is 10.7 Å². The molecule has 2 aliphatic rings. The van der Waals surface area contributed by atoms with E-state index in [0.717, 1.165) is 5.69 Å². The Labute approximate surface area is 220 Å². The molecule has 1 aliphatic heterocycles. The van der Waals surface area contributed by atoms with Crippen molar-refractivity contribution in [1.82, 2.24) is 29.7 Å². The van der Waals surface area contributed by atoms with Crippen LogP contribution in [0.15, 0.2) is 47.8 Å². The van der Waals surface area contributed by atoms with Crippen LogP contribution in [0, 0.1) is 11.3 Å². The molecule has 1 aliphatic carbocycles. The number of anilines is 2. The number of hydrogen-bond donors (Lipinski definition) is 1. The van der Waals surface area contributed by atoms with Crippen LogP contribution in [-0.2, 0) is 10.0 Å². The topological polar surface area (TPSA) is 133 Å². The van der Waals surface area contributed by atoms with E-state index in [0.29, 0.717) is 66.9 Å². The fourth-order valence-corrected chi connectivity index (χ4v) is 6.56. The average Bonchev–Trinajstić information content (AvgIpc) is 3.31. The Morgan fingerprint density at radius 2 is 1.87 bits per heavy atom. The fraction of sp³-hybridized carbons (Fsp3) is 0.348. The van der Waals surface area contributed by atoms with Crippen molar-refractivity contribution >= 4 is 43.6 Å². The number of sulfonamides is 1. The van der Waals surface area contributed by atoms with E-state index in [-0.39, 0.29) is 10.0 Å². The first-order valence-corrected chi connectivity index (χ1v) is 14.1. The number of piperazine rings is 1. The zero-order valence-corrected chi connectivity index (χ0v) is 21.5. The largest absolute Gasteiger partial charge is 0.367 e. The van der Waals surface area contributed by atoms with Crippen LogP contribution >= 0.6 is 11.3 Å². The van der Waals surface area contributed by atoms with Gasteiger partial charge in [-0.25, -0.2) is 21.9 Å². The summed E-state index contributed by atoms with van der Waals surface area (Å²) in [7, 11) is -4.07.